The summed E-state index contributed by atoms with van der Waals surface area (Å²) in [5, 5.41) is 9.75. The number of aliphatic hydroxyl groups excluding tert-OH is 1. The second-order valence-electron chi connectivity index (χ2n) is 5.41. The molecule has 2 unspecified atom stereocenters. The van der Waals surface area contributed by atoms with E-state index < -0.39 is 6.10 Å². The van der Waals surface area contributed by atoms with Gasteiger partial charge in [-0.05, 0) is 24.7 Å². The second-order valence-corrected chi connectivity index (χ2v) is 5.41. The van der Waals surface area contributed by atoms with E-state index in [1.54, 1.807) is 0 Å². The highest BCUT2D eigenvalue weighted by Crippen LogP contribution is 2.19. The summed E-state index contributed by atoms with van der Waals surface area (Å²) >= 11 is 0. The zero-order chi connectivity index (χ0) is 11.3. The minimum Gasteiger partial charge on any atom is -0.390 e. The molecule has 1 rings (SSSR count). The molecule has 15 heavy (non-hydrogen) atoms. The highest BCUT2D eigenvalue weighted by molar-refractivity contribution is 4.72. The molecule has 3 heteroatoms. The minimum absolute atomic E-state index is 0.104. The van der Waals surface area contributed by atoms with Crippen molar-refractivity contribution in [2.75, 3.05) is 19.8 Å². The standard InChI is InChI=1S/C12H24O3/c1-12(2,3)11(13)9-14-8-10-6-4-5-7-15-10/h10-11,13H,4-9H2,1-3H3. The highest BCUT2D eigenvalue weighted by Gasteiger charge is 2.23. The Morgan fingerprint density at radius 3 is 2.67 bits per heavy atom. The molecule has 1 aliphatic heterocycles. The molecule has 1 fully saturated rings. The van der Waals surface area contributed by atoms with Gasteiger partial charge in [-0.3, -0.25) is 0 Å². The Balaban J connectivity index is 2.10. The molecule has 0 aromatic rings. The zero-order valence-electron chi connectivity index (χ0n) is 10.2. The van der Waals surface area contributed by atoms with Crippen molar-refractivity contribution in [3.05, 3.63) is 0 Å². The summed E-state index contributed by atoms with van der Waals surface area (Å²) in [6.07, 6.45) is 3.33. The first-order valence-electron chi connectivity index (χ1n) is 5.87. The molecule has 2 atom stereocenters. The maximum atomic E-state index is 9.75. The smallest absolute Gasteiger partial charge is 0.0821 e. The summed E-state index contributed by atoms with van der Waals surface area (Å²) in [5.41, 5.74) is -0.104. The summed E-state index contributed by atoms with van der Waals surface area (Å²) in [6, 6.07) is 0. The molecule has 0 bridgehead atoms. The summed E-state index contributed by atoms with van der Waals surface area (Å²) in [5.74, 6) is 0. The Hall–Kier alpha value is -0.120. The van der Waals surface area contributed by atoms with Gasteiger partial charge in [0.15, 0.2) is 0 Å². The highest BCUT2D eigenvalue weighted by atomic mass is 16.5. The molecule has 0 aliphatic carbocycles. The van der Waals surface area contributed by atoms with Crippen molar-refractivity contribution in [2.24, 2.45) is 5.41 Å². The summed E-state index contributed by atoms with van der Waals surface area (Å²) in [4.78, 5) is 0. The van der Waals surface area contributed by atoms with Gasteiger partial charge in [-0.15, -0.1) is 0 Å². The van der Waals surface area contributed by atoms with Gasteiger partial charge >= 0.3 is 0 Å². The lowest BCUT2D eigenvalue weighted by Gasteiger charge is -2.27. The predicted octanol–water partition coefficient (Wildman–Crippen LogP) is 1.98. The molecule has 0 aromatic carbocycles. The Labute approximate surface area is 92.8 Å². The third-order valence-corrected chi connectivity index (χ3v) is 2.85. The molecular weight excluding hydrogens is 192 g/mol. The third-order valence-electron chi connectivity index (χ3n) is 2.85. The lowest BCUT2D eigenvalue weighted by Crippen LogP contribution is -2.33. The van der Waals surface area contributed by atoms with Crippen LogP contribution in [-0.2, 0) is 9.47 Å². The Morgan fingerprint density at radius 2 is 2.13 bits per heavy atom. The number of ether oxygens (including phenoxy) is 2. The van der Waals surface area contributed by atoms with Gasteiger partial charge in [-0.1, -0.05) is 20.8 Å². The van der Waals surface area contributed by atoms with Crippen LogP contribution in [0.1, 0.15) is 40.0 Å². The molecule has 0 radical (unpaired) electrons. The lowest BCUT2D eigenvalue weighted by atomic mass is 9.90. The monoisotopic (exact) mass is 216 g/mol. The van der Waals surface area contributed by atoms with Gasteiger partial charge in [-0.2, -0.15) is 0 Å². The van der Waals surface area contributed by atoms with Crippen molar-refractivity contribution in [2.45, 2.75) is 52.2 Å². The van der Waals surface area contributed by atoms with Crippen molar-refractivity contribution < 1.29 is 14.6 Å². The largest absolute Gasteiger partial charge is 0.390 e. The third kappa shape index (κ3) is 4.96. The van der Waals surface area contributed by atoms with Crippen LogP contribution in [0.4, 0.5) is 0 Å². The second kappa shape index (κ2) is 5.83. The quantitative estimate of drug-likeness (QED) is 0.781. The van der Waals surface area contributed by atoms with E-state index in [1.807, 2.05) is 20.8 Å². The zero-order valence-corrected chi connectivity index (χ0v) is 10.2. The first-order chi connectivity index (χ1) is 7.00. The molecule has 1 N–H and O–H groups in total. The lowest BCUT2D eigenvalue weighted by molar-refractivity contribution is -0.0734. The van der Waals surface area contributed by atoms with Crippen LogP contribution >= 0.6 is 0 Å². The van der Waals surface area contributed by atoms with Crippen LogP contribution in [0.5, 0.6) is 0 Å². The van der Waals surface area contributed by atoms with Crippen molar-refractivity contribution in [3.63, 3.8) is 0 Å². The van der Waals surface area contributed by atoms with E-state index in [2.05, 4.69) is 0 Å². The molecule has 0 spiro atoms. The predicted molar refractivity (Wildman–Crippen MR) is 59.9 cm³/mol. The van der Waals surface area contributed by atoms with E-state index in [4.69, 9.17) is 9.47 Å². The molecule has 0 aromatic heterocycles. The fraction of sp³-hybridized carbons (Fsp3) is 1.00. The number of hydrogen-bond acceptors (Lipinski definition) is 3. The summed E-state index contributed by atoms with van der Waals surface area (Å²) in [6.45, 7) is 7.92. The van der Waals surface area contributed by atoms with Crippen molar-refractivity contribution in [1.82, 2.24) is 0 Å². The molecule has 1 heterocycles. The Morgan fingerprint density at radius 1 is 1.40 bits per heavy atom. The number of hydrogen-bond donors (Lipinski definition) is 1. The van der Waals surface area contributed by atoms with E-state index in [0.717, 1.165) is 13.0 Å². The van der Waals surface area contributed by atoms with Gasteiger partial charge in [0.05, 0.1) is 25.4 Å². The maximum absolute atomic E-state index is 9.75. The number of rotatable bonds is 4. The van der Waals surface area contributed by atoms with Crippen LogP contribution < -0.4 is 0 Å². The average molecular weight is 216 g/mol. The first-order valence-corrected chi connectivity index (χ1v) is 5.87. The van der Waals surface area contributed by atoms with Crippen LogP contribution in [0.25, 0.3) is 0 Å². The van der Waals surface area contributed by atoms with Gasteiger partial charge in [0.25, 0.3) is 0 Å². The van der Waals surface area contributed by atoms with Crippen molar-refractivity contribution in [1.29, 1.82) is 0 Å². The van der Waals surface area contributed by atoms with Crippen LogP contribution in [0.15, 0.2) is 0 Å². The average Bonchev–Trinajstić information content (AvgIpc) is 2.18. The Kier molecular flexibility index (Phi) is 5.03. The van der Waals surface area contributed by atoms with E-state index >= 15 is 0 Å². The molecule has 1 aliphatic rings. The van der Waals surface area contributed by atoms with E-state index in [-0.39, 0.29) is 11.5 Å². The van der Waals surface area contributed by atoms with Gasteiger partial charge in [-0.25, -0.2) is 0 Å². The van der Waals surface area contributed by atoms with Gasteiger partial charge in [0.2, 0.25) is 0 Å². The topological polar surface area (TPSA) is 38.7 Å². The van der Waals surface area contributed by atoms with Gasteiger partial charge < -0.3 is 14.6 Å². The van der Waals surface area contributed by atoms with Crippen LogP contribution in [0.3, 0.4) is 0 Å². The summed E-state index contributed by atoms with van der Waals surface area (Å²) < 4.78 is 11.0. The SMILES string of the molecule is CC(C)(C)C(O)COCC1CCCCO1. The van der Waals surface area contributed by atoms with Crippen molar-refractivity contribution >= 4 is 0 Å². The van der Waals surface area contributed by atoms with Gasteiger partial charge in [0, 0.05) is 6.61 Å². The fourth-order valence-corrected chi connectivity index (χ4v) is 1.50. The maximum Gasteiger partial charge on any atom is 0.0821 e. The summed E-state index contributed by atoms with van der Waals surface area (Å²) in [7, 11) is 0. The molecule has 0 amide bonds. The van der Waals surface area contributed by atoms with Crippen LogP contribution in [0.2, 0.25) is 0 Å². The van der Waals surface area contributed by atoms with Crippen molar-refractivity contribution in [3.8, 4) is 0 Å². The van der Waals surface area contributed by atoms with E-state index in [9.17, 15) is 5.11 Å². The minimum atomic E-state index is -0.402. The van der Waals surface area contributed by atoms with Crippen LogP contribution in [-0.4, -0.2) is 37.1 Å². The first kappa shape index (κ1) is 12.9. The fourth-order valence-electron chi connectivity index (χ4n) is 1.50. The molecule has 0 saturated carbocycles. The Bertz CT molecular complexity index is 168. The molecular formula is C12H24O3. The van der Waals surface area contributed by atoms with E-state index in [1.165, 1.54) is 12.8 Å². The normalized spacial score (nSPS) is 25.2. The molecule has 1 saturated heterocycles. The van der Waals surface area contributed by atoms with E-state index in [0.29, 0.717) is 13.2 Å². The molecule has 90 valence electrons. The van der Waals surface area contributed by atoms with Crippen LogP contribution in [0, 0.1) is 5.41 Å². The molecule has 3 nitrogen and oxygen atoms in total. The number of aliphatic hydroxyl groups is 1. The van der Waals surface area contributed by atoms with Gasteiger partial charge in [0.1, 0.15) is 0 Å².